The molecule has 1 heterocycles. The lowest BCUT2D eigenvalue weighted by Crippen LogP contribution is -2.45. The van der Waals surface area contributed by atoms with Gasteiger partial charge in [0.1, 0.15) is 17.6 Å². The third-order valence-corrected chi connectivity index (χ3v) is 3.92. The summed E-state index contributed by atoms with van der Waals surface area (Å²) in [5, 5.41) is 5.97. The van der Waals surface area contributed by atoms with Gasteiger partial charge in [0.25, 0.3) is 0 Å². The SMILES string of the molecule is COC[C@H](NC(=O)N[C@@H]1CCC[C@@H]1C)c1ccc(C)o1. The van der Waals surface area contributed by atoms with Crippen molar-refractivity contribution in [1.82, 2.24) is 10.6 Å². The molecule has 1 aromatic rings. The van der Waals surface area contributed by atoms with E-state index in [-0.39, 0.29) is 18.1 Å². The highest BCUT2D eigenvalue weighted by atomic mass is 16.5. The molecular formula is C15H24N2O3. The second-order valence-corrected chi connectivity index (χ2v) is 5.59. The molecule has 5 heteroatoms. The second-order valence-electron chi connectivity index (χ2n) is 5.59. The van der Waals surface area contributed by atoms with E-state index in [4.69, 9.17) is 9.15 Å². The summed E-state index contributed by atoms with van der Waals surface area (Å²) in [6, 6.07) is 3.62. The van der Waals surface area contributed by atoms with Crippen molar-refractivity contribution in [3.05, 3.63) is 23.7 Å². The standard InChI is InChI=1S/C15H24N2O3/c1-10-5-4-6-12(10)16-15(18)17-13(9-19-3)14-8-7-11(2)20-14/h7-8,10,12-13H,4-6,9H2,1-3H3,(H2,16,17,18)/t10-,12+,13-/m0/s1. The van der Waals surface area contributed by atoms with E-state index in [9.17, 15) is 4.79 Å². The fourth-order valence-electron chi connectivity index (χ4n) is 2.73. The van der Waals surface area contributed by atoms with Crippen LogP contribution in [0.5, 0.6) is 0 Å². The van der Waals surface area contributed by atoms with Crippen molar-refractivity contribution in [3.63, 3.8) is 0 Å². The summed E-state index contributed by atoms with van der Waals surface area (Å²) in [4.78, 5) is 12.1. The van der Waals surface area contributed by atoms with Gasteiger partial charge in [0.05, 0.1) is 6.61 Å². The predicted molar refractivity (Wildman–Crippen MR) is 76.5 cm³/mol. The smallest absolute Gasteiger partial charge is 0.315 e. The number of amides is 2. The van der Waals surface area contributed by atoms with Crippen molar-refractivity contribution in [1.29, 1.82) is 0 Å². The number of hydrogen-bond acceptors (Lipinski definition) is 3. The number of rotatable bonds is 5. The summed E-state index contributed by atoms with van der Waals surface area (Å²) >= 11 is 0. The molecule has 0 aliphatic heterocycles. The molecule has 3 atom stereocenters. The molecule has 1 aromatic heterocycles. The Morgan fingerprint density at radius 1 is 1.50 bits per heavy atom. The lowest BCUT2D eigenvalue weighted by atomic mass is 10.1. The van der Waals surface area contributed by atoms with E-state index in [1.807, 2.05) is 19.1 Å². The Labute approximate surface area is 120 Å². The zero-order valence-electron chi connectivity index (χ0n) is 12.4. The quantitative estimate of drug-likeness (QED) is 0.871. The van der Waals surface area contributed by atoms with Crippen LogP contribution in [-0.2, 0) is 4.74 Å². The molecule has 0 radical (unpaired) electrons. The molecule has 5 nitrogen and oxygen atoms in total. The van der Waals surface area contributed by atoms with Crippen LogP contribution in [0.15, 0.2) is 16.5 Å². The van der Waals surface area contributed by atoms with E-state index in [0.29, 0.717) is 12.5 Å². The lowest BCUT2D eigenvalue weighted by molar-refractivity contribution is 0.155. The summed E-state index contributed by atoms with van der Waals surface area (Å²) in [6.45, 7) is 4.45. The molecule has 1 fully saturated rings. The Bertz CT molecular complexity index is 444. The Morgan fingerprint density at radius 3 is 2.85 bits per heavy atom. The van der Waals surface area contributed by atoms with Gasteiger partial charge in [-0.25, -0.2) is 4.79 Å². The average molecular weight is 280 g/mol. The molecule has 0 aromatic carbocycles. The van der Waals surface area contributed by atoms with Gasteiger partial charge in [0.15, 0.2) is 0 Å². The van der Waals surface area contributed by atoms with Gasteiger partial charge in [-0.1, -0.05) is 13.3 Å². The van der Waals surface area contributed by atoms with Crippen LogP contribution in [0.3, 0.4) is 0 Å². The van der Waals surface area contributed by atoms with E-state index in [1.54, 1.807) is 7.11 Å². The minimum atomic E-state index is -0.259. The first kappa shape index (κ1) is 14.9. The molecule has 0 saturated heterocycles. The highest BCUT2D eigenvalue weighted by Gasteiger charge is 2.26. The van der Waals surface area contributed by atoms with Gasteiger partial charge < -0.3 is 19.8 Å². The van der Waals surface area contributed by atoms with Crippen LogP contribution in [0, 0.1) is 12.8 Å². The van der Waals surface area contributed by atoms with Crippen LogP contribution < -0.4 is 10.6 Å². The first-order valence-corrected chi connectivity index (χ1v) is 7.22. The van der Waals surface area contributed by atoms with Crippen molar-refractivity contribution in [3.8, 4) is 0 Å². The Morgan fingerprint density at radius 2 is 2.30 bits per heavy atom. The number of ether oxygens (including phenoxy) is 1. The van der Waals surface area contributed by atoms with Crippen LogP contribution in [0.4, 0.5) is 4.79 Å². The number of hydrogen-bond donors (Lipinski definition) is 2. The molecular weight excluding hydrogens is 256 g/mol. The van der Waals surface area contributed by atoms with Crippen molar-refractivity contribution < 1.29 is 13.9 Å². The first-order chi connectivity index (χ1) is 9.60. The number of methoxy groups -OCH3 is 1. The molecule has 1 aliphatic carbocycles. The Kier molecular flexibility index (Phi) is 5.06. The summed E-state index contributed by atoms with van der Waals surface area (Å²) in [5.74, 6) is 2.10. The minimum Gasteiger partial charge on any atom is -0.464 e. The maximum Gasteiger partial charge on any atom is 0.315 e. The molecule has 0 spiro atoms. The first-order valence-electron chi connectivity index (χ1n) is 7.22. The number of carbonyl (C=O) groups is 1. The number of nitrogens with one attached hydrogen (secondary N) is 2. The Hall–Kier alpha value is -1.49. The third kappa shape index (κ3) is 3.76. The van der Waals surface area contributed by atoms with E-state index < -0.39 is 0 Å². The fraction of sp³-hybridized carbons (Fsp3) is 0.667. The van der Waals surface area contributed by atoms with Crippen LogP contribution >= 0.6 is 0 Å². The normalized spacial score (nSPS) is 23.6. The highest BCUT2D eigenvalue weighted by Crippen LogP contribution is 2.24. The van der Waals surface area contributed by atoms with Crippen molar-refractivity contribution in [2.45, 2.75) is 45.2 Å². The predicted octanol–water partition coefficient (Wildman–Crippen LogP) is 2.76. The third-order valence-electron chi connectivity index (χ3n) is 3.92. The van der Waals surface area contributed by atoms with E-state index >= 15 is 0 Å². The van der Waals surface area contributed by atoms with Crippen LogP contribution in [0.1, 0.15) is 43.7 Å². The average Bonchev–Trinajstić information content (AvgIpc) is 2.99. The maximum atomic E-state index is 12.1. The van der Waals surface area contributed by atoms with Gasteiger partial charge in [-0.2, -0.15) is 0 Å². The molecule has 0 unspecified atom stereocenters. The second kappa shape index (κ2) is 6.79. The zero-order chi connectivity index (χ0) is 14.5. The zero-order valence-corrected chi connectivity index (χ0v) is 12.4. The summed E-state index contributed by atoms with van der Waals surface area (Å²) in [6.07, 6.45) is 3.43. The van der Waals surface area contributed by atoms with Crippen molar-refractivity contribution in [2.24, 2.45) is 5.92 Å². The topological polar surface area (TPSA) is 63.5 Å². The molecule has 20 heavy (non-hydrogen) atoms. The van der Waals surface area contributed by atoms with E-state index in [2.05, 4.69) is 17.6 Å². The van der Waals surface area contributed by atoms with Crippen molar-refractivity contribution in [2.75, 3.05) is 13.7 Å². The van der Waals surface area contributed by atoms with Gasteiger partial charge in [-0.15, -0.1) is 0 Å². The van der Waals surface area contributed by atoms with Gasteiger partial charge in [-0.05, 0) is 37.8 Å². The van der Waals surface area contributed by atoms with Crippen LogP contribution in [0.2, 0.25) is 0 Å². The lowest BCUT2D eigenvalue weighted by Gasteiger charge is -2.21. The molecule has 1 saturated carbocycles. The maximum absolute atomic E-state index is 12.1. The van der Waals surface area contributed by atoms with E-state index in [0.717, 1.165) is 17.9 Å². The number of aryl methyl sites for hydroxylation is 1. The molecule has 1 aliphatic rings. The monoisotopic (exact) mass is 280 g/mol. The number of carbonyl (C=O) groups excluding carboxylic acids is 1. The van der Waals surface area contributed by atoms with Gasteiger partial charge in [0, 0.05) is 13.2 Å². The van der Waals surface area contributed by atoms with Crippen LogP contribution in [0.25, 0.3) is 0 Å². The number of furan rings is 1. The van der Waals surface area contributed by atoms with Crippen molar-refractivity contribution >= 4 is 6.03 Å². The molecule has 2 N–H and O–H groups in total. The number of urea groups is 1. The van der Waals surface area contributed by atoms with Gasteiger partial charge in [-0.3, -0.25) is 0 Å². The Balaban J connectivity index is 1.92. The summed E-state index contributed by atoms with van der Waals surface area (Å²) < 4.78 is 10.7. The van der Waals surface area contributed by atoms with Gasteiger partial charge in [0.2, 0.25) is 0 Å². The van der Waals surface area contributed by atoms with Crippen LogP contribution in [-0.4, -0.2) is 25.8 Å². The summed E-state index contributed by atoms with van der Waals surface area (Å²) in [7, 11) is 1.61. The minimum absolute atomic E-state index is 0.153. The molecule has 2 rings (SSSR count). The fourth-order valence-corrected chi connectivity index (χ4v) is 2.73. The molecule has 112 valence electrons. The van der Waals surface area contributed by atoms with E-state index in [1.165, 1.54) is 12.8 Å². The summed E-state index contributed by atoms with van der Waals surface area (Å²) in [5.41, 5.74) is 0. The largest absolute Gasteiger partial charge is 0.464 e. The molecule has 0 bridgehead atoms. The molecule has 2 amide bonds. The van der Waals surface area contributed by atoms with Gasteiger partial charge >= 0.3 is 6.03 Å². The highest BCUT2D eigenvalue weighted by molar-refractivity contribution is 5.74.